The number of carbonyl (C=O) groups excluding carboxylic acids is 1. The SMILES string of the molecule is O=C(c1cc2c(cn1)c(Cc1ncc(F)cc1F)nn2CC(F)(F)F)N1CCCOCC1. The lowest BCUT2D eigenvalue weighted by Crippen LogP contribution is -2.33. The van der Waals surface area contributed by atoms with Crippen LogP contribution in [0, 0.1) is 11.6 Å². The predicted molar refractivity (Wildman–Crippen MR) is 102 cm³/mol. The van der Waals surface area contributed by atoms with E-state index in [2.05, 4.69) is 15.1 Å². The first-order valence-corrected chi connectivity index (χ1v) is 9.80. The van der Waals surface area contributed by atoms with E-state index in [4.69, 9.17) is 4.74 Å². The first-order chi connectivity index (χ1) is 15.2. The largest absolute Gasteiger partial charge is 0.408 e. The van der Waals surface area contributed by atoms with Gasteiger partial charge >= 0.3 is 6.18 Å². The van der Waals surface area contributed by atoms with Crippen molar-refractivity contribution in [2.24, 2.45) is 0 Å². The molecular formula is C20H18F5N5O2. The smallest absolute Gasteiger partial charge is 0.380 e. The van der Waals surface area contributed by atoms with Gasteiger partial charge in [-0.1, -0.05) is 0 Å². The van der Waals surface area contributed by atoms with Crippen molar-refractivity contribution in [3.05, 3.63) is 53.2 Å². The highest BCUT2D eigenvalue weighted by Crippen LogP contribution is 2.26. The molecule has 4 rings (SSSR count). The van der Waals surface area contributed by atoms with Crippen molar-refractivity contribution in [1.82, 2.24) is 24.6 Å². The van der Waals surface area contributed by atoms with Crippen LogP contribution in [0.15, 0.2) is 24.5 Å². The second-order valence-corrected chi connectivity index (χ2v) is 7.32. The summed E-state index contributed by atoms with van der Waals surface area (Å²) in [4.78, 5) is 22.1. The number of aromatic nitrogens is 4. The fraction of sp³-hybridized carbons (Fsp3) is 0.400. The number of amides is 1. The van der Waals surface area contributed by atoms with E-state index in [-0.39, 0.29) is 34.4 Å². The van der Waals surface area contributed by atoms with Gasteiger partial charge in [0.1, 0.15) is 23.9 Å². The predicted octanol–water partition coefficient (Wildman–Crippen LogP) is 3.12. The molecule has 0 bridgehead atoms. The van der Waals surface area contributed by atoms with Crippen LogP contribution in [0.5, 0.6) is 0 Å². The van der Waals surface area contributed by atoms with Crippen molar-refractivity contribution in [2.75, 3.05) is 26.3 Å². The Bertz CT molecular complexity index is 1140. The molecule has 0 aromatic carbocycles. The number of carbonyl (C=O) groups is 1. The van der Waals surface area contributed by atoms with Gasteiger partial charge in [-0.2, -0.15) is 18.3 Å². The lowest BCUT2D eigenvalue weighted by atomic mass is 10.1. The number of hydrogen-bond acceptors (Lipinski definition) is 5. The molecule has 7 nitrogen and oxygen atoms in total. The van der Waals surface area contributed by atoms with Gasteiger partial charge < -0.3 is 9.64 Å². The summed E-state index contributed by atoms with van der Waals surface area (Å²) in [7, 11) is 0. The Hall–Kier alpha value is -3.15. The molecule has 1 fully saturated rings. The molecule has 1 aliphatic rings. The van der Waals surface area contributed by atoms with Gasteiger partial charge in [-0.05, 0) is 12.5 Å². The van der Waals surface area contributed by atoms with E-state index in [9.17, 15) is 26.7 Å². The second kappa shape index (κ2) is 8.77. The number of pyridine rings is 2. The molecule has 0 aliphatic carbocycles. The second-order valence-electron chi connectivity index (χ2n) is 7.32. The fourth-order valence-corrected chi connectivity index (χ4v) is 3.51. The summed E-state index contributed by atoms with van der Waals surface area (Å²) >= 11 is 0. The van der Waals surface area contributed by atoms with E-state index in [1.165, 1.54) is 17.2 Å². The number of hydrogen-bond donors (Lipinski definition) is 0. The maximum atomic E-state index is 14.0. The molecule has 1 aliphatic heterocycles. The molecule has 32 heavy (non-hydrogen) atoms. The maximum Gasteiger partial charge on any atom is 0.408 e. The van der Waals surface area contributed by atoms with E-state index >= 15 is 0 Å². The van der Waals surface area contributed by atoms with Crippen molar-refractivity contribution in [1.29, 1.82) is 0 Å². The van der Waals surface area contributed by atoms with Crippen LogP contribution in [0.25, 0.3) is 10.9 Å². The Kier molecular flexibility index (Phi) is 6.04. The third-order valence-electron chi connectivity index (χ3n) is 4.99. The molecule has 1 amide bonds. The standard InChI is InChI=1S/C20H18F5N5O2/c21-12-6-14(22)16(26-9-12)7-15-13-10-27-17(19(31)29-2-1-4-32-5-3-29)8-18(13)30(28-15)11-20(23,24)25/h6,8-10H,1-5,7,11H2. The number of ether oxygens (including phenoxy) is 1. The molecule has 0 unspecified atom stereocenters. The summed E-state index contributed by atoms with van der Waals surface area (Å²) in [6, 6.07) is 1.89. The van der Waals surface area contributed by atoms with Gasteiger partial charge in [-0.15, -0.1) is 0 Å². The molecule has 170 valence electrons. The van der Waals surface area contributed by atoms with Crippen LogP contribution in [-0.2, 0) is 17.7 Å². The van der Waals surface area contributed by atoms with E-state index < -0.39 is 30.3 Å². The van der Waals surface area contributed by atoms with Crippen LogP contribution in [-0.4, -0.2) is 63.0 Å². The van der Waals surface area contributed by atoms with Gasteiger partial charge in [0.05, 0.1) is 29.7 Å². The molecule has 0 saturated carbocycles. The molecule has 4 heterocycles. The lowest BCUT2D eigenvalue weighted by molar-refractivity contribution is -0.141. The minimum Gasteiger partial charge on any atom is -0.380 e. The quantitative estimate of drug-likeness (QED) is 0.566. The zero-order chi connectivity index (χ0) is 22.9. The van der Waals surface area contributed by atoms with Crippen LogP contribution >= 0.6 is 0 Å². The average molecular weight is 455 g/mol. The van der Waals surface area contributed by atoms with Crippen LogP contribution in [0.2, 0.25) is 0 Å². The summed E-state index contributed by atoms with van der Waals surface area (Å²) in [5.74, 6) is -2.24. The van der Waals surface area contributed by atoms with Crippen molar-refractivity contribution in [2.45, 2.75) is 25.6 Å². The summed E-state index contributed by atoms with van der Waals surface area (Å²) in [5.41, 5.74) is -0.0868. The summed E-state index contributed by atoms with van der Waals surface area (Å²) < 4.78 is 72.6. The van der Waals surface area contributed by atoms with Gasteiger partial charge in [-0.3, -0.25) is 19.4 Å². The molecule has 0 spiro atoms. The van der Waals surface area contributed by atoms with Crippen LogP contribution in [0.3, 0.4) is 0 Å². The number of fused-ring (bicyclic) bond motifs is 1. The van der Waals surface area contributed by atoms with Crippen molar-refractivity contribution < 1.29 is 31.5 Å². The van der Waals surface area contributed by atoms with E-state index in [1.807, 2.05) is 0 Å². The third-order valence-corrected chi connectivity index (χ3v) is 4.99. The number of alkyl halides is 3. The normalized spacial score (nSPS) is 15.2. The van der Waals surface area contributed by atoms with Crippen molar-refractivity contribution in [3.63, 3.8) is 0 Å². The van der Waals surface area contributed by atoms with Gasteiger partial charge in [-0.25, -0.2) is 8.78 Å². The van der Waals surface area contributed by atoms with Crippen molar-refractivity contribution >= 4 is 16.8 Å². The van der Waals surface area contributed by atoms with Gasteiger partial charge in [0.15, 0.2) is 0 Å². The molecule has 12 heteroatoms. The molecular weight excluding hydrogens is 437 g/mol. The van der Waals surface area contributed by atoms with Gasteiger partial charge in [0.2, 0.25) is 0 Å². The maximum absolute atomic E-state index is 14.0. The highest BCUT2D eigenvalue weighted by Gasteiger charge is 2.31. The van der Waals surface area contributed by atoms with Crippen LogP contribution in [0.1, 0.15) is 28.3 Å². The Morgan fingerprint density at radius 1 is 1.06 bits per heavy atom. The average Bonchev–Trinajstić information content (AvgIpc) is 2.90. The monoisotopic (exact) mass is 455 g/mol. The van der Waals surface area contributed by atoms with Gasteiger partial charge in [0, 0.05) is 43.8 Å². The topological polar surface area (TPSA) is 73.1 Å². The summed E-state index contributed by atoms with van der Waals surface area (Å²) in [6.45, 7) is 0.270. The Balaban J connectivity index is 1.73. The van der Waals surface area contributed by atoms with Gasteiger partial charge in [0.25, 0.3) is 5.91 Å². The summed E-state index contributed by atoms with van der Waals surface area (Å²) in [5, 5.41) is 4.19. The van der Waals surface area contributed by atoms with Crippen molar-refractivity contribution in [3.8, 4) is 0 Å². The number of rotatable bonds is 4. The summed E-state index contributed by atoms with van der Waals surface area (Å²) in [6.07, 6.45) is -2.15. The lowest BCUT2D eigenvalue weighted by Gasteiger charge is -2.19. The zero-order valence-corrected chi connectivity index (χ0v) is 16.7. The minimum absolute atomic E-state index is 0.0274. The molecule has 0 N–H and O–H groups in total. The molecule has 0 radical (unpaired) electrons. The Morgan fingerprint density at radius 2 is 1.88 bits per heavy atom. The highest BCUT2D eigenvalue weighted by atomic mass is 19.4. The Labute approximate surface area is 178 Å². The molecule has 3 aromatic rings. The first kappa shape index (κ1) is 22.1. The minimum atomic E-state index is -4.58. The number of nitrogens with zero attached hydrogens (tertiary/aromatic N) is 5. The molecule has 1 saturated heterocycles. The van der Waals surface area contributed by atoms with E-state index in [1.54, 1.807) is 0 Å². The molecule has 0 atom stereocenters. The molecule has 3 aromatic heterocycles. The zero-order valence-electron chi connectivity index (χ0n) is 16.7. The highest BCUT2D eigenvalue weighted by molar-refractivity contribution is 5.96. The van der Waals surface area contributed by atoms with E-state index in [0.717, 1.165) is 6.20 Å². The third kappa shape index (κ3) is 4.85. The van der Waals surface area contributed by atoms with E-state index in [0.29, 0.717) is 43.5 Å². The first-order valence-electron chi connectivity index (χ1n) is 9.80. The Morgan fingerprint density at radius 3 is 2.62 bits per heavy atom. The van der Waals surface area contributed by atoms with Crippen LogP contribution in [0.4, 0.5) is 22.0 Å². The van der Waals surface area contributed by atoms with Crippen LogP contribution < -0.4 is 0 Å². The fourth-order valence-electron chi connectivity index (χ4n) is 3.51. The number of halogens is 5.